The van der Waals surface area contributed by atoms with E-state index in [9.17, 15) is 21.6 Å². The normalized spacial score (nSPS) is 16.1. The van der Waals surface area contributed by atoms with Gasteiger partial charge >= 0.3 is 6.18 Å². The topological polar surface area (TPSA) is 84.8 Å². The van der Waals surface area contributed by atoms with E-state index in [2.05, 4.69) is 20.3 Å². The van der Waals surface area contributed by atoms with Crippen LogP contribution >= 0.6 is 11.3 Å². The number of thiazole rings is 1. The Balaban J connectivity index is 1.60. The summed E-state index contributed by atoms with van der Waals surface area (Å²) in [6.07, 6.45) is 1.33. The third-order valence-electron chi connectivity index (χ3n) is 5.12. The van der Waals surface area contributed by atoms with E-state index in [1.165, 1.54) is 17.6 Å². The quantitative estimate of drug-likeness (QED) is 0.597. The minimum Gasteiger partial charge on any atom is -0.324 e. The Labute approximate surface area is 175 Å². The first kappa shape index (κ1) is 20.7. The number of sulfone groups is 1. The molecule has 3 aromatic rings. The molecule has 0 radical (unpaired) electrons. The number of anilines is 2. The molecule has 1 aromatic carbocycles. The van der Waals surface area contributed by atoms with E-state index >= 15 is 0 Å². The summed E-state index contributed by atoms with van der Waals surface area (Å²) in [6, 6.07) is 7.77. The second kappa shape index (κ2) is 7.31. The Morgan fingerprint density at radius 3 is 2.57 bits per heavy atom. The van der Waals surface area contributed by atoms with Crippen molar-refractivity contribution in [3.8, 4) is 10.4 Å². The lowest BCUT2D eigenvalue weighted by atomic mass is 9.85. The Morgan fingerprint density at radius 2 is 1.93 bits per heavy atom. The number of hydrogen-bond donors (Lipinski definition) is 1. The lowest BCUT2D eigenvalue weighted by Crippen LogP contribution is -2.41. The van der Waals surface area contributed by atoms with Gasteiger partial charge in [0.1, 0.15) is 15.4 Å². The molecule has 0 unspecified atom stereocenters. The fourth-order valence-corrected chi connectivity index (χ4v) is 6.35. The van der Waals surface area contributed by atoms with Gasteiger partial charge in [-0.15, -0.1) is 11.3 Å². The highest BCUT2D eigenvalue weighted by Crippen LogP contribution is 2.50. The van der Waals surface area contributed by atoms with Crippen LogP contribution in [0.1, 0.15) is 30.0 Å². The standard InChI is InChI=1S/C19H17F3N4O2S2/c1-30(27,28)18(7-3-8-18)16-24-11-14(29-16)12-4-2-5-13(10-12)25-17-23-9-6-15(26-17)19(20,21)22/h2,4-6,9-11H,3,7-8H2,1H3,(H,23,25,26). The van der Waals surface area contributed by atoms with Gasteiger partial charge in [-0.25, -0.2) is 23.4 Å². The van der Waals surface area contributed by atoms with Gasteiger partial charge in [-0.3, -0.25) is 0 Å². The van der Waals surface area contributed by atoms with Crippen molar-refractivity contribution in [1.82, 2.24) is 15.0 Å². The van der Waals surface area contributed by atoms with E-state index in [0.29, 0.717) is 23.5 Å². The number of benzene rings is 1. The van der Waals surface area contributed by atoms with Crippen molar-refractivity contribution in [2.45, 2.75) is 30.2 Å². The molecule has 2 aromatic heterocycles. The van der Waals surface area contributed by atoms with E-state index in [-0.39, 0.29) is 5.95 Å². The average Bonchev–Trinajstić information content (AvgIpc) is 3.09. The summed E-state index contributed by atoms with van der Waals surface area (Å²) in [5.41, 5.74) is 0.233. The molecule has 11 heteroatoms. The summed E-state index contributed by atoms with van der Waals surface area (Å²) in [4.78, 5) is 12.5. The maximum absolute atomic E-state index is 12.8. The van der Waals surface area contributed by atoms with Gasteiger partial charge in [0.05, 0.1) is 4.88 Å². The summed E-state index contributed by atoms with van der Waals surface area (Å²) in [5, 5.41) is 3.35. The van der Waals surface area contributed by atoms with Crippen molar-refractivity contribution in [1.29, 1.82) is 0 Å². The number of alkyl halides is 3. The fourth-order valence-electron chi connectivity index (χ4n) is 3.32. The van der Waals surface area contributed by atoms with Crippen molar-refractivity contribution < 1.29 is 21.6 Å². The van der Waals surface area contributed by atoms with Crippen LogP contribution in [0.2, 0.25) is 0 Å². The van der Waals surface area contributed by atoms with Gasteiger partial charge in [-0.2, -0.15) is 13.2 Å². The summed E-state index contributed by atoms with van der Waals surface area (Å²) in [7, 11) is -3.29. The maximum Gasteiger partial charge on any atom is 0.433 e. The molecule has 1 aliphatic rings. The zero-order valence-corrected chi connectivity index (χ0v) is 17.4. The number of halogens is 3. The highest BCUT2D eigenvalue weighted by atomic mass is 32.2. The second-order valence-electron chi connectivity index (χ2n) is 7.12. The summed E-state index contributed by atoms with van der Waals surface area (Å²) in [6.45, 7) is 0. The van der Waals surface area contributed by atoms with Crippen LogP contribution in [0, 0.1) is 0 Å². The molecule has 2 heterocycles. The van der Waals surface area contributed by atoms with E-state index in [1.807, 2.05) is 6.07 Å². The van der Waals surface area contributed by atoms with Gasteiger partial charge in [0.2, 0.25) is 5.95 Å². The number of rotatable bonds is 5. The smallest absolute Gasteiger partial charge is 0.324 e. The molecule has 1 aliphatic carbocycles. The first-order chi connectivity index (χ1) is 14.1. The molecule has 1 fully saturated rings. The Kier molecular flexibility index (Phi) is 5.05. The van der Waals surface area contributed by atoms with Crippen LogP contribution in [-0.4, -0.2) is 29.6 Å². The molecule has 0 spiro atoms. The predicted octanol–water partition coefficient (Wildman–Crippen LogP) is 4.79. The van der Waals surface area contributed by atoms with Gasteiger partial charge in [-0.05, 0) is 43.0 Å². The van der Waals surface area contributed by atoms with Crippen LogP contribution in [-0.2, 0) is 20.8 Å². The molecule has 0 aliphatic heterocycles. The number of nitrogens with one attached hydrogen (secondary N) is 1. The zero-order valence-electron chi connectivity index (χ0n) is 15.8. The van der Waals surface area contributed by atoms with Crippen LogP contribution in [0.25, 0.3) is 10.4 Å². The number of aromatic nitrogens is 3. The minimum absolute atomic E-state index is 0.169. The molecule has 4 rings (SSSR count). The van der Waals surface area contributed by atoms with Gasteiger partial charge in [0.25, 0.3) is 0 Å². The zero-order chi connectivity index (χ0) is 21.6. The van der Waals surface area contributed by atoms with Gasteiger partial charge in [-0.1, -0.05) is 12.1 Å². The maximum atomic E-state index is 12.8. The monoisotopic (exact) mass is 454 g/mol. The van der Waals surface area contributed by atoms with Crippen LogP contribution < -0.4 is 5.32 Å². The van der Waals surface area contributed by atoms with Crippen molar-refractivity contribution in [2.75, 3.05) is 11.6 Å². The minimum atomic E-state index is -4.56. The largest absolute Gasteiger partial charge is 0.433 e. The third kappa shape index (κ3) is 3.79. The molecule has 0 atom stereocenters. The molecule has 6 nitrogen and oxygen atoms in total. The molecule has 1 N–H and O–H groups in total. The number of nitrogens with zero attached hydrogens (tertiary/aromatic N) is 3. The summed E-state index contributed by atoms with van der Waals surface area (Å²) < 4.78 is 62.2. The average molecular weight is 454 g/mol. The molecule has 30 heavy (non-hydrogen) atoms. The molecule has 0 amide bonds. The lowest BCUT2D eigenvalue weighted by molar-refractivity contribution is -0.141. The van der Waals surface area contributed by atoms with Crippen molar-refractivity contribution in [2.24, 2.45) is 0 Å². The fraction of sp³-hybridized carbons (Fsp3) is 0.316. The van der Waals surface area contributed by atoms with Crippen molar-refractivity contribution >= 4 is 32.8 Å². The van der Waals surface area contributed by atoms with E-state index < -0.39 is 26.5 Å². The highest BCUT2D eigenvalue weighted by Gasteiger charge is 2.50. The molecule has 0 saturated heterocycles. The molecule has 1 saturated carbocycles. The molecule has 158 valence electrons. The van der Waals surface area contributed by atoms with Crippen LogP contribution in [0.4, 0.5) is 24.8 Å². The molecule has 0 bridgehead atoms. The van der Waals surface area contributed by atoms with E-state index in [4.69, 9.17) is 0 Å². The van der Waals surface area contributed by atoms with Gasteiger partial charge in [0.15, 0.2) is 9.84 Å². The first-order valence-corrected chi connectivity index (χ1v) is 11.7. The lowest BCUT2D eigenvalue weighted by Gasteiger charge is -2.37. The second-order valence-corrected chi connectivity index (χ2v) is 10.5. The summed E-state index contributed by atoms with van der Waals surface area (Å²) >= 11 is 1.32. The first-order valence-electron chi connectivity index (χ1n) is 9.02. The molecular weight excluding hydrogens is 437 g/mol. The summed E-state index contributed by atoms with van der Waals surface area (Å²) in [5.74, 6) is -0.169. The highest BCUT2D eigenvalue weighted by molar-refractivity contribution is 7.91. The Morgan fingerprint density at radius 1 is 1.17 bits per heavy atom. The number of hydrogen-bond acceptors (Lipinski definition) is 7. The van der Waals surface area contributed by atoms with Crippen molar-refractivity contribution in [3.05, 3.63) is 53.4 Å². The predicted molar refractivity (Wildman–Crippen MR) is 108 cm³/mol. The Hall–Kier alpha value is -2.53. The third-order valence-corrected chi connectivity index (χ3v) is 8.52. The SMILES string of the molecule is CS(=O)(=O)C1(c2ncc(-c3cccc(Nc4nccc(C(F)(F)F)n4)c3)s2)CCC1. The molecular formula is C19H17F3N4O2S2. The van der Waals surface area contributed by atoms with Crippen LogP contribution in [0.3, 0.4) is 0 Å². The van der Waals surface area contributed by atoms with Crippen LogP contribution in [0.15, 0.2) is 42.7 Å². The van der Waals surface area contributed by atoms with Gasteiger partial charge in [0, 0.05) is 24.3 Å². The Bertz CT molecular complexity index is 1190. The van der Waals surface area contributed by atoms with E-state index in [0.717, 1.165) is 29.1 Å². The van der Waals surface area contributed by atoms with Gasteiger partial charge < -0.3 is 5.32 Å². The van der Waals surface area contributed by atoms with Crippen molar-refractivity contribution in [3.63, 3.8) is 0 Å². The van der Waals surface area contributed by atoms with E-state index in [1.54, 1.807) is 24.4 Å². The van der Waals surface area contributed by atoms with Crippen LogP contribution in [0.5, 0.6) is 0 Å².